The minimum Gasteiger partial charge on any atom is -0.263 e. The average molecular weight is 308 g/mol. The summed E-state index contributed by atoms with van der Waals surface area (Å²) in [5, 5.41) is 5.60. The molecule has 0 saturated heterocycles. The number of sulfonamides is 1. The fourth-order valence-electron chi connectivity index (χ4n) is 1.46. The van der Waals surface area contributed by atoms with Crippen molar-refractivity contribution < 1.29 is 8.42 Å². The molecule has 0 spiro atoms. The van der Waals surface area contributed by atoms with Crippen LogP contribution in [-0.2, 0) is 10.0 Å². The molecule has 3 heterocycles. The van der Waals surface area contributed by atoms with Crippen molar-refractivity contribution in [1.29, 1.82) is 0 Å². The van der Waals surface area contributed by atoms with E-state index in [9.17, 15) is 8.42 Å². The molecule has 0 aliphatic heterocycles. The maximum atomic E-state index is 12.1. The zero-order valence-corrected chi connectivity index (χ0v) is 11.5. The van der Waals surface area contributed by atoms with Crippen molar-refractivity contribution >= 4 is 27.2 Å². The predicted molar refractivity (Wildman–Crippen MR) is 72.1 cm³/mol. The fourth-order valence-corrected chi connectivity index (χ4v) is 3.45. The molecule has 0 unspecified atom stereocenters. The first-order chi connectivity index (χ1) is 9.65. The summed E-state index contributed by atoms with van der Waals surface area (Å²) < 4.78 is 28.2. The van der Waals surface area contributed by atoms with Gasteiger partial charge in [0, 0.05) is 6.07 Å². The summed E-state index contributed by atoms with van der Waals surface area (Å²) in [6.07, 6.45) is 4.07. The van der Waals surface area contributed by atoms with Gasteiger partial charge in [-0.05, 0) is 11.4 Å². The number of rotatable bonds is 4. The van der Waals surface area contributed by atoms with E-state index in [1.165, 1.54) is 35.8 Å². The molecule has 102 valence electrons. The van der Waals surface area contributed by atoms with Gasteiger partial charge < -0.3 is 0 Å². The van der Waals surface area contributed by atoms with Gasteiger partial charge in [0.05, 0.1) is 0 Å². The van der Waals surface area contributed by atoms with Crippen molar-refractivity contribution in [2.24, 2.45) is 0 Å². The van der Waals surface area contributed by atoms with Crippen molar-refractivity contribution in [3.05, 3.63) is 42.6 Å². The van der Waals surface area contributed by atoms with Gasteiger partial charge in [-0.3, -0.25) is 4.72 Å². The van der Waals surface area contributed by atoms with E-state index in [0.717, 1.165) is 11.3 Å². The van der Waals surface area contributed by atoms with Gasteiger partial charge in [-0.2, -0.15) is 5.10 Å². The first-order valence-corrected chi connectivity index (χ1v) is 7.75. The number of hydrogen-bond donors (Lipinski definition) is 1. The monoisotopic (exact) mass is 308 g/mol. The van der Waals surface area contributed by atoms with Gasteiger partial charge in [0.1, 0.15) is 29.0 Å². The molecule has 3 rings (SSSR count). The lowest BCUT2D eigenvalue weighted by molar-refractivity contribution is 0.603. The quantitative estimate of drug-likeness (QED) is 0.769. The zero-order chi connectivity index (χ0) is 14.0. The Kier molecular flexibility index (Phi) is 3.16. The van der Waals surface area contributed by atoms with Crippen LogP contribution >= 0.6 is 11.3 Å². The SMILES string of the molecule is O=S(=O)(Nc1cc(-n2cncn2)ncn1)c1cccs1. The van der Waals surface area contributed by atoms with Gasteiger partial charge >= 0.3 is 0 Å². The normalized spacial score (nSPS) is 11.4. The van der Waals surface area contributed by atoms with Gasteiger partial charge in [-0.15, -0.1) is 11.3 Å². The number of thiophene rings is 1. The van der Waals surface area contributed by atoms with E-state index >= 15 is 0 Å². The number of anilines is 1. The minimum absolute atomic E-state index is 0.166. The van der Waals surface area contributed by atoms with Crippen molar-refractivity contribution in [1.82, 2.24) is 24.7 Å². The highest BCUT2D eigenvalue weighted by atomic mass is 32.2. The third-order valence-electron chi connectivity index (χ3n) is 2.30. The number of hydrogen-bond acceptors (Lipinski definition) is 7. The smallest absolute Gasteiger partial charge is 0.263 e. The molecule has 0 atom stereocenters. The summed E-state index contributed by atoms with van der Waals surface area (Å²) in [5.41, 5.74) is 0. The molecule has 0 radical (unpaired) electrons. The molecule has 0 aromatic carbocycles. The third kappa shape index (κ3) is 2.51. The molecule has 0 bridgehead atoms. The van der Waals surface area contributed by atoms with E-state index in [-0.39, 0.29) is 10.0 Å². The Morgan fingerprint density at radius 3 is 2.85 bits per heavy atom. The van der Waals surface area contributed by atoms with Crippen molar-refractivity contribution in [2.75, 3.05) is 4.72 Å². The lowest BCUT2D eigenvalue weighted by atomic mass is 10.5. The third-order valence-corrected chi connectivity index (χ3v) is 5.06. The first-order valence-electron chi connectivity index (χ1n) is 5.38. The molecule has 0 aliphatic rings. The summed E-state index contributed by atoms with van der Waals surface area (Å²) in [6.45, 7) is 0. The molecule has 10 heteroatoms. The maximum absolute atomic E-state index is 12.1. The summed E-state index contributed by atoms with van der Waals surface area (Å²) in [6, 6.07) is 4.66. The first kappa shape index (κ1) is 12.7. The highest BCUT2D eigenvalue weighted by molar-refractivity contribution is 7.94. The molecule has 8 nitrogen and oxygen atoms in total. The van der Waals surface area contributed by atoms with Crippen LogP contribution < -0.4 is 4.72 Å². The maximum Gasteiger partial charge on any atom is 0.272 e. The largest absolute Gasteiger partial charge is 0.272 e. The highest BCUT2D eigenvalue weighted by Gasteiger charge is 2.16. The predicted octanol–water partition coefficient (Wildman–Crippen LogP) is 0.920. The van der Waals surface area contributed by atoms with Gasteiger partial charge in [0.15, 0.2) is 5.82 Å². The standard InChI is InChI=1S/C10H8N6O2S2/c17-20(18,10-2-1-3-19-10)15-8-4-9(13-6-12-8)16-7-11-5-14-16/h1-7H,(H,12,13,15). The second-order valence-corrected chi connectivity index (χ2v) is 6.50. The molecule has 20 heavy (non-hydrogen) atoms. The van der Waals surface area contributed by atoms with Crippen LogP contribution in [0.25, 0.3) is 5.82 Å². The molecule has 1 N–H and O–H groups in total. The summed E-state index contributed by atoms with van der Waals surface area (Å²) >= 11 is 1.13. The van der Waals surface area contributed by atoms with E-state index < -0.39 is 10.0 Å². The van der Waals surface area contributed by atoms with Crippen molar-refractivity contribution in [3.8, 4) is 5.82 Å². The summed E-state index contributed by atoms with van der Waals surface area (Å²) in [7, 11) is -3.62. The Balaban J connectivity index is 1.91. The minimum atomic E-state index is -3.62. The van der Waals surface area contributed by atoms with Gasteiger partial charge in [-0.25, -0.2) is 28.1 Å². The molecule has 0 amide bonds. The summed E-state index contributed by atoms with van der Waals surface area (Å²) in [4.78, 5) is 11.7. The highest BCUT2D eigenvalue weighted by Crippen LogP contribution is 2.19. The van der Waals surface area contributed by atoms with Gasteiger partial charge in [-0.1, -0.05) is 6.07 Å². The Morgan fingerprint density at radius 1 is 1.25 bits per heavy atom. The second kappa shape index (κ2) is 4.98. The van der Waals surface area contributed by atoms with Crippen LogP contribution in [0.2, 0.25) is 0 Å². The fraction of sp³-hybridized carbons (Fsp3) is 0. The Labute approximate surface area is 118 Å². The van der Waals surface area contributed by atoms with E-state index in [1.807, 2.05) is 0 Å². The molecule has 0 saturated carbocycles. The second-order valence-electron chi connectivity index (χ2n) is 3.64. The van der Waals surface area contributed by atoms with Crippen LogP contribution in [0.4, 0.5) is 5.82 Å². The number of nitrogens with zero attached hydrogens (tertiary/aromatic N) is 5. The van der Waals surface area contributed by atoms with Crippen LogP contribution in [-0.4, -0.2) is 33.2 Å². The topological polar surface area (TPSA) is 103 Å². The Morgan fingerprint density at radius 2 is 2.15 bits per heavy atom. The van der Waals surface area contributed by atoms with Gasteiger partial charge in [0.25, 0.3) is 10.0 Å². The van der Waals surface area contributed by atoms with E-state index in [4.69, 9.17) is 0 Å². The van der Waals surface area contributed by atoms with Crippen molar-refractivity contribution in [2.45, 2.75) is 4.21 Å². The van der Waals surface area contributed by atoms with Crippen LogP contribution in [0.5, 0.6) is 0 Å². The average Bonchev–Trinajstić information content (AvgIpc) is 3.12. The van der Waals surface area contributed by atoms with Crippen LogP contribution in [0, 0.1) is 0 Å². The van der Waals surface area contributed by atoms with E-state index in [0.29, 0.717) is 5.82 Å². The van der Waals surface area contributed by atoms with Crippen molar-refractivity contribution in [3.63, 3.8) is 0 Å². The van der Waals surface area contributed by atoms with Crippen LogP contribution in [0.15, 0.2) is 46.8 Å². The summed E-state index contributed by atoms with van der Waals surface area (Å²) in [5.74, 6) is 0.584. The molecule has 0 aliphatic carbocycles. The Hall–Kier alpha value is -2.33. The van der Waals surface area contributed by atoms with Gasteiger partial charge in [0.2, 0.25) is 0 Å². The van der Waals surface area contributed by atoms with Crippen LogP contribution in [0.3, 0.4) is 0 Å². The van der Waals surface area contributed by atoms with E-state index in [2.05, 4.69) is 24.8 Å². The number of nitrogens with one attached hydrogen (secondary N) is 1. The van der Waals surface area contributed by atoms with Crippen LogP contribution in [0.1, 0.15) is 0 Å². The lowest BCUT2D eigenvalue weighted by Gasteiger charge is -2.06. The molecule has 3 aromatic heterocycles. The zero-order valence-electron chi connectivity index (χ0n) is 9.91. The molecule has 3 aromatic rings. The molecular weight excluding hydrogens is 300 g/mol. The Bertz CT molecular complexity index is 798. The molecular formula is C10H8N6O2S2. The number of aromatic nitrogens is 5. The van der Waals surface area contributed by atoms with E-state index in [1.54, 1.807) is 11.4 Å². The lowest BCUT2D eigenvalue weighted by Crippen LogP contribution is -2.13. The molecule has 0 fully saturated rings.